The summed E-state index contributed by atoms with van der Waals surface area (Å²) in [4.78, 5) is 50.7. The maximum Gasteiger partial charge on any atom is 0.337 e. The first kappa shape index (κ1) is 22.3. The predicted molar refractivity (Wildman–Crippen MR) is 111 cm³/mol. The number of nitrogens with zero attached hydrogens (tertiary/aromatic N) is 1. The lowest BCUT2D eigenvalue weighted by molar-refractivity contribution is -0.149. The zero-order chi connectivity index (χ0) is 22.4. The first-order valence-electron chi connectivity index (χ1n) is 10.4. The summed E-state index contributed by atoms with van der Waals surface area (Å²) in [6.45, 7) is 4.50. The number of rotatable bonds is 6. The molecule has 1 aromatic carbocycles. The molecule has 1 aromatic rings. The van der Waals surface area contributed by atoms with Crippen LogP contribution >= 0.6 is 0 Å². The fourth-order valence-electron chi connectivity index (χ4n) is 3.63. The van der Waals surface area contributed by atoms with Crippen molar-refractivity contribution >= 4 is 23.9 Å². The Morgan fingerprint density at radius 1 is 1.13 bits per heavy atom. The van der Waals surface area contributed by atoms with Crippen LogP contribution in [0.25, 0.3) is 0 Å². The fourth-order valence-corrected chi connectivity index (χ4v) is 3.63. The van der Waals surface area contributed by atoms with Gasteiger partial charge in [-0.2, -0.15) is 0 Å². The Bertz CT molecular complexity index is 902. The van der Waals surface area contributed by atoms with Crippen LogP contribution in [0, 0.1) is 12.8 Å². The van der Waals surface area contributed by atoms with Gasteiger partial charge in [-0.05, 0) is 38.3 Å². The number of piperidine rings is 1. The monoisotopic (exact) mass is 429 g/mol. The number of carbonyl (C=O) groups is 4. The average molecular weight is 429 g/mol. The van der Waals surface area contributed by atoms with Gasteiger partial charge in [0, 0.05) is 18.7 Å². The van der Waals surface area contributed by atoms with Crippen molar-refractivity contribution in [1.29, 1.82) is 0 Å². The van der Waals surface area contributed by atoms with Crippen molar-refractivity contribution in [1.82, 2.24) is 15.5 Å². The van der Waals surface area contributed by atoms with Crippen LogP contribution in [0.2, 0.25) is 0 Å². The molecule has 0 aliphatic carbocycles. The number of hydrogen-bond acceptors (Lipinski definition) is 6. The number of likely N-dealkylation sites (tertiary alicyclic amines) is 1. The maximum absolute atomic E-state index is 12.7. The molecular formula is C22H27N3O6. The maximum atomic E-state index is 12.7. The minimum absolute atomic E-state index is 0.0109. The number of benzene rings is 1. The number of nitrogens with one attached hydrogen (secondary N) is 2. The van der Waals surface area contributed by atoms with Gasteiger partial charge in [-0.1, -0.05) is 18.2 Å². The highest BCUT2D eigenvalue weighted by Gasteiger charge is 2.30. The van der Waals surface area contributed by atoms with Crippen molar-refractivity contribution in [3.63, 3.8) is 0 Å². The molecule has 2 N–H and O–H groups in total. The third kappa shape index (κ3) is 5.42. The van der Waals surface area contributed by atoms with E-state index >= 15 is 0 Å². The van der Waals surface area contributed by atoms with Crippen molar-refractivity contribution in [2.24, 2.45) is 5.92 Å². The molecule has 0 saturated carbocycles. The summed E-state index contributed by atoms with van der Waals surface area (Å²) in [5, 5.41) is 5.01. The summed E-state index contributed by atoms with van der Waals surface area (Å²) in [5.74, 6) is -1.35. The van der Waals surface area contributed by atoms with E-state index in [2.05, 4.69) is 10.6 Å². The van der Waals surface area contributed by atoms with Crippen LogP contribution in [0.4, 0.5) is 4.79 Å². The fraction of sp³-hybridized carbons (Fsp3) is 0.455. The molecule has 3 amide bonds. The van der Waals surface area contributed by atoms with Crippen LogP contribution in [0.1, 0.15) is 35.7 Å². The second-order valence-corrected chi connectivity index (χ2v) is 7.47. The van der Waals surface area contributed by atoms with Crippen molar-refractivity contribution in [3.8, 4) is 0 Å². The molecule has 1 saturated heterocycles. The number of hydrogen-bond donors (Lipinski definition) is 2. The molecule has 0 atom stereocenters. The highest BCUT2D eigenvalue weighted by atomic mass is 16.5. The van der Waals surface area contributed by atoms with Crippen molar-refractivity contribution < 1.29 is 28.7 Å². The molecule has 0 bridgehead atoms. The Morgan fingerprint density at radius 3 is 2.52 bits per heavy atom. The third-order valence-corrected chi connectivity index (χ3v) is 5.43. The minimum atomic E-state index is -0.566. The molecule has 31 heavy (non-hydrogen) atoms. The summed E-state index contributed by atoms with van der Waals surface area (Å²) < 4.78 is 10.4. The second-order valence-electron chi connectivity index (χ2n) is 7.47. The third-order valence-electron chi connectivity index (χ3n) is 5.43. The number of amides is 3. The lowest BCUT2D eigenvalue weighted by Crippen LogP contribution is -2.45. The quantitative estimate of drug-likeness (QED) is 0.663. The molecule has 0 spiro atoms. The van der Waals surface area contributed by atoms with Gasteiger partial charge in [0.05, 0.1) is 30.3 Å². The van der Waals surface area contributed by atoms with Crippen molar-refractivity contribution in [3.05, 3.63) is 46.7 Å². The second kappa shape index (κ2) is 10.1. The minimum Gasteiger partial charge on any atom is -0.463 e. The van der Waals surface area contributed by atoms with Gasteiger partial charge < -0.3 is 25.0 Å². The molecule has 1 fully saturated rings. The summed E-state index contributed by atoms with van der Waals surface area (Å²) in [6.07, 6.45) is 0.988. The van der Waals surface area contributed by atoms with E-state index in [0.717, 1.165) is 5.56 Å². The van der Waals surface area contributed by atoms with Crippen molar-refractivity contribution in [2.45, 2.75) is 26.7 Å². The van der Waals surface area contributed by atoms with Crippen LogP contribution in [0.5, 0.6) is 0 Å². The molecule has 2 aliphatic heterocycles. The topological polar surface area (TPSA) is 114 Å². The van der Waals surface area contributed by atoms with Crippen LogP contribution < -0.4 is 10.6 Å². The normalized spacial score (nSPS) is 17.0. The Labute approximate surface area is 180 Å². The van der Waals surface area contributed by atoms with Crippen LogP contribution in [0.3, 0.4) is 0 Å². The SMILES string of the molecule is CCOC(=O)C1=C(COC(=O)C2CCN(C(=O)c3ccccc3C)CC2)NC(=O)NC1. The summed E-state index contributed by atoms with van der Waals surface area (Å²) in [6, 6.07) is 6.96. The first-order valence-corrected chi connectivity index (χ1v) is 10.4. The van der Waals surface area contributed by atoms with E-state index < -0.39 is 18.0 Å². The molecule has 2 aliphatic rings. The van der Waals surface area contributed by atoms with E-state index in [1.165, 1.54) is 0 Å². The summed E-state index contributed by atoms with van der Waals surface area (Å²) in [5.41, 5.74) is 2.04. The molecule has 2 heterocycles. The van der Waals surface area contributed by atoms with Gasteiger partial charge >= 0.3 is 18.0 Å². The zero-order valence-corrected chi connectivity index (χ0v) is 17.7. The smallest absolute Gasteiger partial charge is 0.337 e. The highest BCUT2D eigenvalue weighted by molar-refractivity contribution is 5.96. The largest absolute Gasteiger partial charge is 0.463 e. The molecule has 0 aromatic heterocycles. The highest BCUT2D eigenvalue weighted by Crippen LogP contribution is 2.22. The van der Waals surface area contributed by atoms with Gasteiger partial charge in [0.25, 0.3) is 5.91 Å². The molecule has 166 valence electrons. The van der Waals surface area contributed by atoms with Gasteiger partial charge in [-0.15, -0.1) is 0 Å². The van der Waals surface area contributed by atoms with Crippen LogP contribution in [-0.4, -0.2) is 61.6 Å². The number of ether oxygens (including phenoxy) is 2. The van der Waals surface area contributed by atoms with E-state index in [4.69, 9.17) is 9.47 Å². The van der Waals surface area contributed by atoms with Gasteiger partial charge in [0.15, 0.2) is 0 Å². The standard InChI is InChI=1S/C22H27N3O6/c1-3-30-21(28)17-12-23-22(29)24-18(17)13-31-20(27)15-8-10-25(11-9-15)19(26)16-7-5-4-6-14(16)2/h4-7,15H,3,8-13H2,1-2H3,(H2,23,24,29). The van der Waals surface area contributed by atoms with E-state index in [1.54, 1.807) is 17.9 Å². The van der Waals surface area contributed by atoms with E-state index in [-0.39, 0.29) is 42.9 Å². The number of esters is 2. The lowest BCUT2D eigenvalue weighted by Gasteiger charge is -2.31. The van der Waals surface area contributed by atoms with Gasteiger partial charge in [0.1, 0.15) is 6.61 Å². The molecule has 9 heteroatoms. The Balaban J connectivity index is 1.55. The van der Waals surface area contributed by atoms with E-state index in [9.17, 15) is 19.2 Å². The molecule has 0 unspecified atom stereocenters. The molecule has 3 rings (SSSR count). The number of urea groups is 1. The predicted octanol–water partition coefficient (Wildman–Crippen LogP) is 1.52. The van der Waals surface area contributed by atoms with Crippen molar-refractivity contribution in [2.75, 3.05) is 32.8 Å². The number of aryl methyl sites for hydroxylation is 1. The Hall–Kier alpha value is -3.36. The first-order chi connectivity index (χ1) is 14.9. The van der Waals surface area contributed by atoms with E-state index in [0.29, 0.717) is 31.5 Å². The van der Waals surface area contributed by atoms with Gasteiger partial charge in [-0.25, -0.2) is 9.59 Å². The zero-order valence-electron chi connectivity index (χ0n) is 17.7. The molecular weight excluding hydrogens is 402 g/mol. The average Bonchev–Trinajstić information content (AvgIpc) is 2.77. The summed E-state index contributed by atoms with van der Waals surface area (Å²) in [7, 11) is 0. The lowest BCUT2D eigenvalue weighted by atomic mass is 9.96. The Kier molecular flexibility index (Phi) is 7.28. The molecule has 9 nitrogen and oxygen atoms in total. The van der Waals surface area contributed by atoms with Crippen LogP contribution in [0.15, 0.2) is 35.5 Å². The van der Waals surface area contributed by atoms with E-state index in [1.807, 2.05) is 25.1 Å². The van der Waals surface area contributed by atoms with Crippen LogP contribution in [-0.2, 0) is 19.1 Å². The summed E-state index contributed by atoms with van der Waals surface area (Å²) >= 11 is 0. The molecule has 0 radical (unpaired) electrons. The number of carbonyl (C=O) groups excluding carboxylic acids is 4. The van der Waals surface area contributed by atoms with Gasteiger partial charge in [0.2, 0.25) is 0 Å². The Morgan fingerprint density at radius 2 is 1.84 bits per heavy atom. The van der Waals surface area contributed by atoms with Gasteiger partial charge in [-0.3, -0.25) is 9.59 Å².